The molecule has 1 heterocycles. The minimum absolute atomic E-state index is 0.0599. The molecule has 0 saturated carbocycles. The van der Waals surface area contributed by atoms with E-state index in [-0.39, 0.29) is 17.8 Å². The highest BCUT2D eigenvalue weighted by Crippen LogP contribution is 2.18. The predicted molar refractivity (Wildman–Crippen MR) is 88.7 cm³/mol. The van der Waals surface area contributed by atoms with Crippen LogP contribution in [0.2, 0.25) is 0 Å². The second-order valence-electron chi connectivity index (χ2n) is 5.81. The summed E-state index contributed by atoms with van der Waals surface area (Å²) in [5.41, 5.74) is 1.61. The largest absolute Gasteiger partial charge is 0.497 e. The maximum atomic E-state index is 13.0. The van der Waals surface area contributed by atoms with Crippen LogP contribution in [0.1, 0.15) is 15.9 Å². The average Bonchev–Trinajstić information content (AvgIpc) is 2.62. The summed E-state index contributed by atoms with van der Waals surface area (Å²) in [6, 6.07) is 13.5. The highest BCUT2D eigenvalue weighted by Gasteiger charge is 2.25. The summed E-state index contributed by atoms with van der Waals surface area (Å²) in [7, 11) is 1.64. The van der Waals surface area contributed by atoms with Gasteiger partial charge >= 0.3 is 0 Å². The van der Waals surface area contributed by atoms with Gasteiger partial charge in [0.2, 0.25) is 0 Å². The molecule has 4 nitrogen and oxygen atoms in total. The highest BCUT2D eigenvalue weighted by atomic mass is 19.1. The van der Waals surface area contributed by atoms with Crippen LogP contribution in [-0.4, -0.2) is 43.7 Å². The third-order valence-corrected chi connectivity index (χ3v) is 4.11. The van der Waals surface area contributed by atoms with Crippen molar-refractivity contribution in [2.24, 2.45) is 0 Å². The highest BCUT2D eigenvalue weighted by molar-refractivity contribution is 5.94. The van der Waals surface area contributed by atoms with E-state index in [0.717, 1.165) is 11.3 Å². The quantitative estimate of drug-likeness (QED) is 0.866. The number of hydrogen-bond acceptors (Lipinski definition) is 3. The van der Waals surface area contributed by atoms with E-state index in [0.29, 0.717) is 31.7 Å². The molecular weight excluding hydrogens is 309 g/mol. The lowest BCUT2D eigenvalue weighted by atomic mass is 10.1. The Morgan fingerprint density at radius 3 is 2.83 bits per heavy atom. The lowest BCUT2D eigenvalue weighted by Crippen LogP contribution is -2.46. The number of carbonyl (C=O) groups is 1. The lowest BCUT2D eigenvalue weighted by molar-refractivity contribution is -0.0208. The fourth-order valence-corrected chi connectivity index (χ4v) is 2.86. The zero-order chi connectivity index (χ0) is 16.9. The Balaban J connectivity index is 1.65. The number of nitrogens with zero attached hydrogens (tertiary/aromatic N) is 1. The number of benzene rings is 2. The molecule has 3 rings (SSSR count). The molecule has 0 aliphatic carbocycles. The Morgan fingerprint density at radius 1 is 1.29 bits per heavy atom. The standard InChI is InChI=1S/C19H20FNO3/c1-23-17-4-2-3-14(11-17)12-18-13-21(9-10-24-18)19(22)15-5-7-16(20)8-6-15/h2-8,11,18H,9-10,12-13H2,1H3/t18-/m0/s1. The Labute approximate surface area is 140 Å². The van der Waals surface area contributed by atoms with Crippen LogP contribution in [0.3, 0.4) is 0 Å². The van der Waals surface area contributed by atoms with Crippen molar-refractivity contribution >= 4 is 5.91 Å². The van der Waals surface area contributed by atoms with Gasteiger partial charge in [-0.05, 0) is 42.0 Å². The molecule has 2 aromatic carbocycles. The normalized spacial score (nSPS) is 17.6. The van der Waals surface area contributed by atoms with E-state index in [9.17, 15) is 9.18 Å². The molecule has 0 radical (unpaired) electrons. The molecule has 0 spiro atoms. The molecular formula is C19H20FNO3. The number of ether oxygens (including phenoxy) is 2. The zero-order valence-electron chi connectivity index (χ0n) is 13.6. The zero-order valence-corrected chi connectivity index (χ0v) is 13.6. The third-order valence-electron chi connectivity index (χ3n) is 4.11. The second-order valence-corrected chi connectivity index (χ2v) is 5.81. The van der Waals surface area contributed by atoms with E-state index in [2.05, 4.69) is 0 Å². The second kappa shape index (κ2) is 7.45. The monoisotopic (exact) mass is 329 g/mol. The van der Waals surface area contributed by atoms with Crippen molar-refractivity contribution in [2.45, 2.75) is 12.5 Å². The SMILES string of the molecule is COc1cccc(C[C@H]2CN(C(=O)c3ccc(F)cc3)CCO2)c1. The van der Waals surface area contributed by atoms with Gasteiger partial charge in [-0.25, -0.2) is 4.39 Å². The lowest BCUT2D eigenvalue weighted by Gasteiger charge is -2.33. The smallest absolute Gasteiger partial charge is 0.254 e. The Hall–Kier alpha value is -2.40. The van der Waals surface area contributed by atoms with Crippen LogP contribution in [0.15, 0.2) is 48.5 Å². The van der Waals surface area contributed by atoms with E-state index in [1.54, 1.807) is 12.0 Å². The summed E-state index contributed by atoms with van der Waals surface area (Å²) >= 11 is 0. The molecule has 5 heteroatoms. The van der Waals surface area contributed by atoms with Crippen molar-refractivity contribution in [2.75, 3.05) is 26.8 Å². The van der Waals surface area contributed by atoms with Gasteiger partial charge in [-0.3, -0.25) is 4.79 Å². The fraction of sp³-hybridized carbons (Fsp3) is 0.316. The van der Waals surface area contributed by atoms with Crippen molar-refractivity contribution in [1.82, 2.24) is 4.90 Å². The van der Waals surface area contributed by atoms with Gasteiger partial charge < -0.3 is 14.4 Å². The summed E-state index contributed by atoms with van der Waals surface area (Å²) in [4.78, 5) is 14.3. The first-order valence-corrected chi connectivity index (χ1v) is 7.95. The molecule has 24 heavy (non-hydrogen) atoms. The van der Waals surface area contributed by atoms with Gasteiger partial charge in [-0.15, -0.1) is 0 Å². The third kappa shape index (κ3) is 3.92. The molecule has 126 valence electrons. The molecule has 1 fully saturated rings. The fourth-order valence-electron chi connectivity index (χ4n) is 2.86. The number of rotatable bonds is 4. The average molecular weight is 329 g/mol. The van der Waals surface area contributed by atoms with E-state index in [1.807, 2.05) is 24.3 Å². The van der Waals surface area contributed by atoms with Gasteiger partial charge in [0.1, 0.15) is 11.6 Å². The Bertz CT molecular complexity index is 702. The topological polar surface area (TPSA) is 38.8 Å². The van der Waals surface area contributed by atoms with Crippen molar-refractivity contribution < 1.29 is 18.7 Å². The first-order chi connectivity index (χ1) is 11.7. The van der Waals surface area contributed by atoms with Crippen LogP contribution in [0.5, 0.6) is 5.75 Å². The van der Waals surface area contributed by atoms with E-state index in [4.69, 9.17) is 9.47 Å². The molecule has 1 aliphatic rings. The summed E-state index contributed by atoms with van der Waals surface area (Å²) in [6.07, 6.45) is 0.653. The first kappa shape index (κ1) is 16.5. The number of morpholine rings is 1. The van der Waals surface area contributed by atoms with Gasteiger partial charge in [-0.1, -0.05) is 12.1 Å². The molecule has 1 aliphatic heterocycles. The molecule has 0 N–H and O–H groups in total. The van der Waals surface area contributed by atoms with Crippen LogP contribution >= 0.6 is 0 Å². The Morgan fingerprint density at radius 2 is 2.08 bits per heavy atom. The van der Waals surface area contributed by atoms with Crippen LogP contribution in [0.25, 0.3) is 0 Å². The molecule has 1 amide bonds. The van der Waals surface area contributed by atoms with E-state index in [1.165, 1.54) is 24.3 Å². The van der Waals surface area contributed by atoms with Gasteiger partial charge in [0.25, 0.3) is 5.91 Å². The summed E-state index contributed by atoms with van der Waals surface area (Å²) < 4.78 is 24.0. The minimum Gasteiger partial charge on any atom is -0.497 e. The van der Waals surface area contributed by atoms with E-state index >= 15 is 0 Å². The van der Waals surface area contributed by atoms with Crippen LogP contribution in [0, 0.1) is 5.82 Å². The molecule has 0 unspecified atom stereocenters. The summed E-state index contributed by atoms with van der Waals surface area (Å²) in [5.74, 6) is 0.376. The summed E-state index contributed by atoms with van der Waals surface area (Å²) in [5, 5.41) is 0. The van der Waals surface area contributed by atoms with Crippen molar-refractivity contribution in [1.29, 1.82) is 0 Å². The predicted octanol–water partition coefficient (Wildman–Crippen LogP) is 2.92. The number of methoxy groups -OCH3 is 1. The molecule has 1 atom stereocenters. The van der Waals surface area contributed by atoms with Gasteiger partial charge in [0.15, 0.2) is 0 Å². The molecule has 2 aromatic rings. The maximum Gasteiger partial charge on any atom is 0.254 e. The van der Waals surface area contributed by atoms with Crippen LogP contribution in [-0.2, 0) is 11.2 Å². The maximum absolute atomic E-state index is 13.0. The summed E-state index contributed by atoms with van der Waals surface area (Å²) in [6.45, 7) is 1.57. The number of hydrogen-bond donors (Lipinski definition) is 0. The first-order valence-electron chi connectivity index (χ1n) is 7.95. The van der Waals surface area contributed by atoms with Crippen LogP contribution in [0.4, 0.5) is 4.39 Å². The molecule has 0 aromatic heterocycles. The van der Waals surface area contributed by atoms with E-state index < -0.39 is 0 Å². The Kier molecular flexibility index (Phi) is 5.11. The number of halogens is 1. The molecule has 1 saturated heterocycles. The van der Waals surface area contributed by atoms with Gasteiger partial charge in [0, 0.05) is 25.1 Å². The van der Waals surface area contributed by atoms with Crippen LogP contribution < -0.4 is 4.74 Å². The van der Waals surface area contributed by atoms with Gasteiger partial charge in [0.05, 0.1) is 19.8 Å². The van der Waals surface area contributed by atoms with Gasteiger partial charge in [-0.2, -0.15) is 0 Å². The van der Waals surface area contributed by atoms with Crippen molar-refractivity contribution in [3.8, 4) is 5.75 Å². The number of amides is 1. The van der Waals surface area contributed by atoms with Crippen molar-refractivity contribution in [3.05, 3.63) is 65.5 Å². The molecule has 0 bridgehead atoms. The minimum atomic E-state index is -0.343. The number of carbonyl (C=O) groups excluding carboxylic acids is 1. The van der Waals surface area contributed by atoms with Crippen molar-refractivity contribution in [3.63, 3.8) is 0 Å².